The third kappa shape index (κ3) is 7.16. The van der Waals surface area contributed by atoms with Crippen molar-refractivity contribution < 1.29 is 14.3 Å². The van der Waals surface area contributed by atoms with Gasteiger partial charge in [-0.3, -0.25) is 0 Å². The molecular weight excluding hydrogens is 196 g/mol. The molecule has 0 heterocycles. The number of nitrogens with zero attached hydrogens (tertiary/aromatic N) is 1. The van der Waals surface area contributed by atoms with Crippen LogP contribution in [0.4, 0.5) is 4.79 Å². The molecule has 0 aliphatic carbocycles. The molecule has 2 amide bonds. The molecule has 0 unspecified atom stereocenters. The highest BCUT2D eigenvalue weighted by atomic mass is 16.7. The molecule has 0 atom stereocenters. The molecule has 0 aromatic heterocycles. The average molecular weight is 218 g/mol. The SMILES string of the molecule is CCOC(CCNC(=O)N(C)C)OCC. The molecule has 0 rings (SSSR count). The third-order valence-corrected chi connectivity index (χ3v) is 1.77. The summed E-state index contributed by atoms with van der Waals surface area (Å²) >= 11 is 0. The number of carbonyl (C=O) groups excluding carboxylic acids is 1. The van der Waals surface area contributed by atoms with Gasteiger partial charge in [-0.2, -0.15) is 0 Å². The van der Waals surface area contributed by atoms with E-state index in [4.69, 9.17) is 9.47 Å². The lowest BCUT2D eigenvalue weighted by atomic mass is 10.4. The van der Waals surface area contributed by atoms with E-state index in [9.17, 15) is 4.79 Å². The molecule has 5 heteroatoms. The predicted octanol–water partition coefficient (Wildman–Crippen LogP) is 1.05. The van der Waals surface area contributed by atoms with Crippen molar-refractivity contribution in [2.75, 3.05) is 33.9 Å². The van der Waals surface area contributed by atoms with E-state index in [0.29, 0.717) is 26.2 Å². The summed E-state index contributed by atoms with van der Waals surface area (Å²) in [5.74, 6) is 0. The highest BCUT2D eigenvalue weighted by molar-refractivity contribution is 5.73. The first kappa shape index (κ1) is 14.2. The van der Waals surface area contributed by atoms with Crippen molar-refractivity contribution in [3.8, 4) is 0 Å². The molecular formula is C10H22N2O3. The highest BCUT2D eigenvalue weighted by Crippen LogP contribution is 1.99. The van der Waals surface area contributed by atoms with Crippen LogP contribution in [0.1, 0.15) is 20.3 Å². The lowest BCUT2D eigenvalue weighted by molar-refractivity contribution is -0.138. The Hall–Kier alpha value is -0.810. The Labute approximate surface area is 91.7 Å². The Morgan fingerprint density at radius 3 is 2.20 bits per heavy atom. The zero-order valence-electron chi connectivity index (χ0n) is 10.1. The van der Waals surface area contributed by atoms with Crippen molar-refractivity contribution >= 4 is 6.03 Å². The fourth-order valence-electron chi connectivity index (χ4n) is 1.04. The number of nitrogens with one attached hydrogen (secondary N) is 1. The van der Waals surface area contributed by atoms with Gasteiger partial charge in [0.1, 0.15) is 0 Å². The summed E-state index contributed by atoms with van der Waals surface area (Å²) < 4.78 is 10.7. The van der Waals surface area contributed by atoms with Crippen LogP contribution < -0.4 is 5.32 Å². The summed E-state index contributed by atoms with van der Waals surface area (Å²) in [5.41, 5.74) is 0. The Morgan fingerprint density at radius 1 is 1.27 bits per heavy atom. The molecule has 0 aliphatic rings. The summed E-state index contributed by atoms with van der Waals surface area (Å²) in [6.45, 7) is 5.63. The Kier molecular flexibility index (Phi) is 8.04. The van der Waals surface area contributed by atoms with Crippen molar-refractivity contribution in [3.63, 3.8) is 0 Å². The first-order chi connectivity index (χ1) is 7.11. The van der Waals surface area contributed by atoms with Gasteiger partial charge in [0.15, 0.2) is 6.29 Å². The maximum absolute atomic E-state index is 11.2. The minimum atomic E-state index is -0.220. The molecule has 0 spiro atoms. The minimum Gasteiger partial charge on any atom is -0.353 e. The van der Waals surface area contributed by atoms with E-state index >= 15 is 0 Å². The fraction of sp³-hybridized carbons (Fsp3) is 0.900. The number of hydrogen-bond acceptors (Lipinski definition) is 3. The van der Waals surface area contributed by atoms with Crippen LogP contribution in [0.25, 0.3) is 0 Å². The zero-order chi connectivity index (χ0) is 11.7. The second kappa shape index (κ2) is 8.49. The summed E-state index contributed by atoms with van der Waals surface area (Å²) in [6, 6.07) is -0.0956. The highest BCUT2D eigenvalue weighted by Gasteiger charge is 2.08. The molecule has 5 nitrogen and oxygen atoms in total. The first-order valence-corrected chi connectivity index (χ1v) is 5.30. The maximum atomic E-state index is 11.2. The van der Waals surface area contributed by atoms with Crippen molar-refractivity contribution in [2.45, 2.75) is 26.6 Å². The molecule has 0 radical (unpaired) electrons. The second-order valence-electron chi connectivity index (χ2n) is 3.26. The van der Waals surface area contributed by atoms with E-state index in [1.165, 1.54) is 4.90 Å². The van der Waals surface area contributed by atoms with Gasteiger partial charge in [0.25, 0.3) is 0 Å². The van der Waals surface area contributed by atoms with E-state index < -0.39 is 0 Å². The van der Waals surface area contributed by atoms with Gasteiger partial charge in [-0.15, -0.1) is 0 Å². The summed E-state index contributed by atoms with van der Waals surface area (Å²) in [4.78, 5) is 12.7. The predicted molar refractivity (Wildman–Crippen MR) is 58.7 cm³/mol. The minimum absolute atomic E-state index is 0.0956. The van der Waals surface area contributed by atoms with E-state index in [1.54, 1.807) is 14.1 Å². The van der Waals surface area contributed by atoms with E-state index in [2.05, 4.69) is 5.32 Å². The number of rotatable bonds is 7. The Morgan fingerprint density at radius 2 is 1.80 bits per heavy atom. The molecule has 0 bridgehead atoms. The van der Waals surface area contributed by atoms with Crippen molar-refractivity contribution in [1.82, 2.24) is 10.2 Å². The van der Waals surface area contributed by atoms with Crippen LogP contribution in [0.3, 0.4) is 0 Å². The number of amides is 2. The first-order valence-electron chi connectivity index (χ1n) is 5.30. The van der Waals surface area contributed by atoms with Crippen LogP contribution in [0.5, 0.6) is 0 Å². The van der Waals surface area contributed by atoms with Gasteiger partial charge in [-0.25, -0.2) is 4.79 Å². The van der Waals surface area contributed by atoms with E-state index in [0.717, 1.165) is 0 Å². The molecule has 0 saturated carbocycles. The average Bonchev–Trinajstić information content (AvgIpc) is 2.18. The molecule has 90 valence electrons. The van der Waals surface area contributed by atoms with E-state index in [1.807, 2.05) is 13.8 Å². The third-order valence-electron chi connectivity index (χ3n) is 1.77. The Bertz CT molecular complexity index is 168. The van der Waals surface area contributed by atoms with Crippen LogP contribution in [0, 0.1) is 0 Å². The van der Waals surface area contributed by atoms with Crippen LogP contribution in [-0.2, 0) is 9.47 Å². The van der Waals surface area contributed by atoms with Gasteiger partial charge in [0.2, 0.25) is 0 Å². The van der Waals surface area contributed by atoms with Gasteiger partial charge < -0.3 is 19.7 Å². The number of carbonyl (C=O) groups is 1. The lowest BCUT2D eigenvalue weighted by Gasteiger charge is -2.18. The van der Waals surface area contributed by atoms with Gasteiger partial charge >= 0.3 is 6.03 Å². The van der Waals surface area contributed by atoms with Gasteiger partial charge in [-0.1, -0.05) is 0 Å². The Balaban J connectivity index is 3.65. The van der Waals surface area contributed by atoms with Crippen LogP contribution in [-0.4, -0.2) is 51.1 Å². The van der Waals surface area contributed by atoms with Crippen LogP contribution >= 0.6 is 0 Å². The largest absolute Gasteiger partial charge is 0.353 e. The van der Waals surface area contributed by atoms with Gasteiger partial charge in [0, 0.05) is 40.3 Å². The van der Waals surface area contributed by atoms with Crippen LogP contribution in [0.2, 0.25) is 0 Å². The lowest BCUT2D eigenvalue weighted by Crippen LogP contribution is -2.36. The quantitative estimate of drug-likeness (QED) is 0.650. The van der Waals surface area contributed by atoms with Gasteiger partial charge in [0.05, 0.1) is 0 Å². The topological polar surface area (TPSA) is 50.8 Å². The van der Waals surface area contributed by atoms with Crippen molar-refractivity contribution in [3.05, 3.63) is 0 Å². The number of hydrogen-bond donors (Lipinski definition) is 1. The molecule has 0 saturated heterocycles. The van der Waals surface area contributed by atoms with E-state index in [-0.39, 0.29) is 12.3 Å². The smallest absolute Gasteiger partial charge is 0.316 e. The maximum Gasteiger partial charge on any atom is 0.316 e. The zero-order valence-corrected chi connectivity index (χ0v) is 10.1. The van der Waals surface area contributed by atoms with Crippen LogP contribution in [0.15, 0.2) is 0 Å². The number of ether oxygens (including phenoxy) is 2. The summed E-state index contributed by atoms with van der Waals surface area (Å²) in [7, 11) is 3.41. The second-order valence-corrected chi connectivity index (χ2v) is 3.26. The molecule has 0 aliphatic heterocycles. The molecule has 0 fully saturated rings. The van der Waals surface area contributed by atoms with Crippen molar-refractivity contribution in [1.29, 1.82) is 0 Å². The molecule has 1 N–H and O–H groups in total. The molecule has 15 heavy (non-hydrogen) atoms. The normalized spacial score (nSPS) is 10.5. The summed E-state index contributed by atoms with van der Waals surface area (Å²) in [5, 5.41) is 2.76. The van der Waals surface area contributed by atoms with Crippen molar-refractivity contribution in [2.24, 2.45) is 0 Å². The monoisotopic (exact) mass is 218 g/mol. The summed E-state index contributed by atoms with van der Waals surface area (Å²) in [6.07, 6.45) is 0.448. The number of urea groups is 1. The van der Waals surface area contributed by atoms with Gasteiger partial charge in [-0.05, 0) is 13.8 Å². The fourth-order valence-corrected chi connectivity index (χ4v) is 1.04. The molecule has 0 aromatic carbocycles. The standard InChI is InChI=1S/C10H22N2O3/c1-5-14-9(15-6-2)7-8-11-10(13)12(3)4/h9H,5-8H2,1-4H3,(H,11,13). The molecule has 0 aromatic rings.